The lowest BCUT2D eigenvalue weighted by molar-refractivity contribution is -0.142. The molecule has 2 aromatic heterocycles. The number of aromatic nitrogens is 3. The number of carbonyl (C=O) groups is 4. The molecule has 0 aliphatic heterocycles. The van der Waals surface area contributed by atoms with Gasteiger partial charge in [0, 0.05) is 48.4 Å². The number of imidazole rings is 1. The number of thioether (sulfide) groups is 1. The highest BCUT2D eigenvalue weighted by Gasteiger charge is 2.31. The highest BCUT2D eigenvalue weighted by Crippen LogP contribution is 2.19. The number of benzene rings is 1. The lowest BCUT2D eigenvalue weighted by Gasteiger charge is -2.25. The van der Waals surface area contributed by atoms with E-state index in [2.05, 4.69) is 35.9 Å². The number of hydrogen-bond donors (Lipinski definition) is 9. The minimum atomic E-state index is -1.30. The Bertz CT molecular complexity index is 1420. The fourth-order valence-corrected chi connectivity index (χ4v) is 5.01. The van der Waals surface area contributed by atoms with Gasteiger partial charge in [0.15, 0.2) is 5.96 Å². The van der Waals surface area contributed by atoms with Crippen molar-refractivity contribution >= 4 is 52.3 Å². The summed E-state index contributed by atoms with van der Waals surface area (Å²) in [4.78, 5) is 65.9. The van der Waals surface area contributed by atoms with E-state index < -0.39 is 47.9 Å². The summed E-state index contributed by atoms with van der Waals surface area (Å²) in [6.45, 7) is 0.216. The summed E-state index contributed by atoms with van der Waals surface area (Å²) in [5.74, 6) is -2.56. The van der Waals surface area contributed by atoms with Gasteiger partial charge in [-0.25, -0.2) is 9.78 Å². The smallest absolute Gasteiger partial charge is 0.326 e. The number of aromatic amines is 2. The van der Waals surface area contributed by atoms with E-state index in [-0.39, 0.29) is 31.8 Å². The second-order valence-electron chi connectivity index (χ2n) is 10.2. The van der Waals surface area contributed by atoms with Crippen molar-refractivity contribution in [1.82, 2.24) is 30.9 Å². The summed E-state index contributed by atoms with van der Waals surface area (Å²) in [5.41, 5.74) is 18.9. The Morgan fingerprint density at radius 2 is 1.68 bits per heavy atom. The zero-order chi connectivity index (χ0) is 32.1. The molecule has 44 heavy (non-hydrogen) atoms. The molecule has 3 rings (SSSR count). The summed E-state index contributed by atoms with van der Waals surface area (Å²) in [5, 5.41) is 18.6. The van der Waals surface area contributed by atoms with Crippen molar-refractivity contribution in [1.29, 1.82) is 0 Å². The molecule has 15 nitrogen and oxygen atoms in total. The molecule has 3 amide bonds. The lowest BCUT2D eigenvalue weighted by Crippen LogP contribution is -2.57. The number of carbonyl (C=O) groups excluding carboxylic acids is 3. The molecule has 238 valence electrons. The highest BCUT2D eigenvalue weighted by molar-refractivity contribution is 7.98. The van der Waals surface area contributed by atoms with Gasteiger partial charge in [-0.2, -0.15) is 11.8 Å². The Balaban J connectivity index is 1.84. The molecule has 2 heterocycles. The van der Waals surface area contributed by atoms with Crippen LogP contribution in [0.3, 0.4) is 0 Å². The third kappa shape index (κ3) is 10.3. The number of carboxylic acids is 1. The Morgan fingerprint density at radius 3 is 2.36 bits per heavy atom. The summed E-state index contributed by atoms with van der Waals surface area (Å²) in [6.07, 6.45) is 7.41. The van der Waals surface area contributed by atoms with Crippen LogP contribution in [0.5, 0.6) is 0 Å². The average Bonchev–Trinajstić information content (AvgIpc) is 3.66. The van der Waals surface area contributed by atoms with Gasteiger partial charge in [0.1, 0.15) is 18.1 Å². The maximum Gasteiger partial charge on any atom is 0.326 e. The Labute approximate surface area is 258 Å². The van der Waals surface area contributed by atoms with E-state index in [4.69, 9.17) is 17.2 Å². The van der Waals surface area contributed by atoms with Crippen LogP contribution in [0.2, 0.25) is 0 Å². The molecule has 0 saturated carbocycles. The first kappa shape index (κ1) is 33.9. The van der Waals surface area contributed by atoms with Crippen LogP contribution >= 0.6 is 11.8 Å². The van der Waals surface area contributed by atoms with Crippen LogP contribution in [0.1, 0.15) is 30.5 Å². The van der Waals surface area contributed by atoms with E-state index in [0.717, 1.165) is 16.5 Å². The third-order valence-electron chi connectivity index (χ3n) is 6.87. The molecule has 1 aromatic carbocycles. The SMILES string of the molecule is CSCCC(N)C(=O)NC(CCCN=C(N)N)C(=O)NC(Cc1c[nH]c2ccccc12)C(=O)NC(Cc1cnc[nH]1)C(=O)O. The summed E-state index contributed by atoms with van der Waals surface area (Å²) in [7, 11) is 0. The maximum atomic E-state index is 13.7. The van der Waals surface area contributed by atoms with E-state index >= 15 is 0 Å². The largest absolute Gasteiger partial charge is 0.480 e. The molecule has 4 unspecified atom stereocenters. The zero-order valence-electron chi connectivity index (χ0n) is 24.4. The monoisotopic (exact) mass is 628 g/mol. The van der Waals surface area contributed by atoms with Crippen molar-refractivity contribution in [2.45, 2.75) is 56.3 Å². The number of aliphatic imine (C=N–C) groups is 1. The van der Waals surface area contributed by atoms with Crippen LogP contribution in [-0.2, 0) is 32.0 Å². The Kier molecular flexibility index (Phi) is 13.0. The van der Waals surface area contributed by atoms with E-state index in [1.165, 1.54) is 12.5 Å². The molecule has 0 spiro atoms. The van der Waals surface area contributed by atoms with Crippen LogP contribution in [-0.4, -0.2) is 92.4 Å². The molecule has 0 radical (unpaired) electrons. The van der Waals surface area contributed by atoms with Crippen molar-refractivity contribution in [2.75, 3.05) is 18.6 Å². The molecule has 0 aliphatic rings. The van der Waals surface area contributed by atoms with Crippen LogP contribution in [0.15, 0.2) is 48.0 Å². The fraction of sp³-hybridized carbons (Fsp3) is 0.429. The number of nitrogens with zero attached hydrogens (tertiary/aromatic N) is 2. The molecular weight excluding hydrogens is 588 g/mol. The van der Waals surface area contributed by atoms with Crippen LogP contribution in [0, 0.1) is 0 Å². The number of para-hydroxylation sites is 1. The molecule has 4 atom stereocenters. The molecule has 16 heteroatoms. The standard InChI is InChI=1S/C28H40N10O5S/c1-44-10-8-19(29)24(39)36-21(7-4-9-33-28(30)31)25(40)37-22(11-16-13-34-20-6-3-2-5-18(16)20)26(41)38-23(27(42)43)12-17-14-32-15-35-17/h2-3,5-6,13-15,19,21-23,34H,4,7-12,29H2,1H3,(H,32,35)(H,36,39)(H,37,40)(H,38,41)(H,42,43)(H4,30,31,33). The van der Waals surface area contributed by atoms with Gasteiger partial charge in [-0.1, -0.05) is 18.2 Å². The number of amides is 3. The van der Waals surface area contributed by atoms with Gasteiger partial charge in [-0.15, -0.1) is 0 Å². The molecular formula is C28H40N10O5S. The van der Waals surface area contributed by atoms with E-state index in [9.17, 15) is 24.3 Å². The first-order chi connectivity index (χ1) is 21.1. The molecule has 0 aliphatic carbocycles. The van der Waals surface area contributed by atoms with Crippen molar-refractivity contribution in [3.05, 3.63) is 54.2 Å². The van der Waals surface area contributed by atoms with Gasteiger partial charge in [0.25, 0.3) is 0 Å². The number of nitrogens with one attached hydrogen (secondary N) is 5. The average molecular weight is 629 g/mol. The van der Waals surface area contributed by atoms with Gasteiger partial charge < -0.3 is 48.2 Å². The number of H-pyrrole nitrogens is 2. The highest BCUT2D eigenvalue weighted by atomic mass is 32.2. The minimum absolute atomic E-state index is 0.0416. The second-order valence-corrected chi connectivity index (χ2v) is 11.2. The van der Waals surface area contributed by atoms with Gasteiger partial charge >= 0.3 is 5.97 Å². The first-order valence-corrected chi connectivity index (χ1v) is 15.4. The molecule has 3 aromatic rings. The topological polar surface area (TPSA) is 259 Å². The summed E-state index contributed by atoms with van der Waals surface area (Å²) >= 11 is 1.54. The Hall–Kier alpha value is -4.57. The van der Waals surface area contributed by atoms with Crippen molar-refractivity contribution in [3.8, 4) is 0 Å². The van der Waals surface area contributed by atoms with Gasteiger partial charge in [0.2, 0.25) is 17.7 Å². The fourth-order valence-electron chi connectivity index (χ4n) is 4.52. The quantitative estimate of drug-likeness (QED) is 0.0488. The van der Waals surface area contributed by atoms with Gasteiger partial charge in [-0.05, 0) is 42.9 Å². The second kappa shape index (κ2) is 16.9. The van der Waals surface area contributed by atoms with Crippen molar-refractivity contribution in [2.24, 2.45) is 22.2 Å². The van der Waals surface area contributed by atoms with E-state index in [0.29, 0.717) is 24.3 Å². The number of carboxylic acid groups (broad SMARTS) is 1. The number of guanidine groups is 1. The molecule has 0 fully saturated rings. The lowest BCUT2D eigenvalue weighted by atomic mass is 10.0. The summed E-state index contributed by atoms with van der Waals surface area (Å²) in [6, 6.07) is 3.08. The zero-order valence-corrected chi connectivity index (χ0v) is 25.2. The summed E-state index contributed by atoms with van der Waals surface area (Å²) < 4.78 is 0. The number of nitrogens with two attached hydrogens (primary N) is 3. The number of fused-ring (bicyclic) bond motifs is 1. The van der Waals surface area contributed by atoms with Gasteiger partial charge in [-0.3, -0.25) is 19.4 Å². The first-order valence-electron chi connectivity index (χ1n) is 14.0. The van der Waals surface area contributed by atoms with E-state index in [1.54, 1.807) is 18.0 Å². The predicted molar refractivity (Wildman–Crippen MR) is 169 cm³/mol. The number of rotatable bonds is 18. The van der Waals surface area contributed by atoms with Crippen molar-refractivity contribution < 1.29 is 24.3 Å². The molecule has 0 saturated heterocycles. The van der Waals surface area contributed by atoms with Crippen LogP contribution < -0.4 is 33.2 Å². The van der Waals surface area contributed by atoms with E-state index in [1.807, 2.05) is 30.5 Å². The number of hydrogen-bond acceptors (Lipinski definition) is 8. The van der Waals surface area contributed by atoms with Gasteiger partial charge in [0.05, 0.1) is 12.4 Å². The third-order valence-corrected chi connectivity index (χ3v) is 7.52. The maximum absolute atomic E-state index is 13.7. The predicted octanol–water partition coefficient (Wildman–Crippen LogP) is -0.651. The van der Waals surface area contributed by atoms with Crippen LogP contribution in [0.4, 0.5) is 0 Å². The molecule has 12 N–H and O–H groups in total. The minimum Gasteiger partial charge on any atom is -0.480 e. The normalized spacial score (nSPS) is 13.8. The number of aliphatic carboxylic acids is 1. The Morgan fingerprint density at radius 1 is 0.977 bits per heavy atom. The molecule has 0 bridgehead atoms. The van der Waals surface area contributed by atoms with Crippen LogP contribution in [0.25, 0.3) is 10.9 Å². The van der Waals surface area contributed by atoms with Crippen molar-refractivity contribution in [3.63, 3.8) is 0 Å².